The number of hydrogen-bond donors (Lipinski definition) is 0. The molecule has 2 aromatic rings. The molecule has 2 rings (SSSR count). The van der Waals surface area contributed by atoms with Gasteiger partial charge in [-0.05, 0) is 18.6 Å². The highest BCUT2D eigenvalue weighted by Crippen LogP contribution is 2.26. The van der Waals surface area contributed by atoms with Crippen LogP contribution in [0.2, 0.25) is 5.02 Å². The number of hydrogen-bond acceptors (Lipinski definition) is 3. The molecule has 16 heavy (non-hydrogen) atoms. The zero-order valence-electron chi connectivity index (χ0n) is 8.95. The lowest BCUT2D eigenvalue weighted by molar-refractivity contribution is 0.0600. The van der Waals surface area contributed by atoms with E-state index >= 15 is 0 Å². The van der Waals surface area contributed by atoms with Crippen LogP contribution in [0.4, 0.5) is 0 Å². The van der Waals surface area contributed by atoms with Crippen LogP contribution < -0.4 is 0 Å². The topological polar surface area (TPSA) is 39.2 Å². The first-order valence-electron chi connectivity index (χ1n) is 4.76. The summed E-state index contributed by atoms with van der Waals surface area (Å²) < 4.78 is 4.63. The van der Waals surface area contributed by atoms with E-state index in [4.69, 9.17) is 11.6 Å². The number of esters is 1. The molecule has 1 aromatic carbocycles. The molecule has 0 N–H and O–H groups in total. The molecule has 0 aliphatic carbocycles. The van der Waals surface area contributed by atoms with Gasteiger partial charge in [0.25, 0.3) is 0 Å². The number of fused-ring (bicyclic) bond motifs is 1. The van der Waals surface area contributed by atoms with E-state index in [0.29, 0.717) is 10.6 Å². The monoisotopic (exact) mass is 235 g/mol. The molecule has 0 atom stereocenters. The zero-order chi connectivity index (χ0) is 11.7. The summed E-state index contributed by atoms with van der Waals surface area (Å²) in [7, 11) is 1.32. The molecule has 0 spiro atoms. The lowest BCUT2D eigenvalue weighted by atomic mass is 10.1. The lowest BCUT2D eigenvalue weighted by Gasteiger charge is -2.05. The van der Waals surface area contributed by atoms with Gasteiger partial charge >= 0.3 is 5.97 Å². The molecule has 0 saturated heterocycles. The Morgan fingerprint density at radius 1 is 1.44 bits per heavy atom. The van der Waals surface area contributed by atoms with Crippen LogP contribution in [0.3, 0.4) is 0 Å². The highest BCUT2D eigenvalue weighted by atomic mass is 35.5. The van der Waals surface area contributed by atoms with E-state index in [1.54, 1.807) is 0 Å². The first-order valence-corrected chi connectivity index (χ1v) is 5.14. The van der Waals surface area contributed by atoms with Crippen molar-refractivity contribution in [2.24, 2.45) is 0 Å². The Hall–Kier alpha value is -1.61. The second-order valence-corrected chi connectivity index (χ2v) is 3.88. The van der Waals surface area contributed by atoms with Crippen molar-refractivity contribution in [2.45, 2.75) is 6.92 Å². The summed E-state index contributed by atoms with van der Waals surface area (Å²) >= 11 is 6.13. The summed E-state index contributed by atoms with van der Waals surface area (Å²) in [5.74, 6) is -0.472. The maximum Gasteiger partial charge on any atom is 0.340 e. The fourth-order valence-electron chi connectivity index (χ4n) is 1.52. The Morgan fingerprint density at radius 3 is 2.88 bits per heavy atom. The molecule has 0 unspecified atom stereocenters. The van der Waals surface area contributed by atoms with Gasteiger partial charge in [-0.2, -0.15) is 0 Å². The minimum Gasteiger partial charge on any atom is -0.465 e. The Morgan fingerprint density at radius 2 is 2.19 bits per heavy atom. The van der Waals surface area contributed by atoms with Crippen LogP contribution in [0, 0.1) is 6.92 Å². The molecule has 1 heterocycles. The normalized spacial score (nSPS) is 10.4. The maximum absolute atomic E-state index is 11.4. The molecular weight excluding hydrogens is 226 g/mol. The largest absolute Gasteiger partial charge is 0.465 e. The van der Waals surface area contributed by atoms with E-state index in [-0.39, 0.29) is 0 Å². The number of aromatic nitrogens is 1. The highest BCUT2D eigenvalue weighted by Gasteiger charge is 2.13. The van der Waals surface area contributed by atoms with Crippen LogP contribution in [-0.2, 0) is 4.74 Å². The van der Waals surface area contributed by atoms with Crippen molar-refractivity contribution in [3.05, 3.63) is 40.5 Å². The second kappa shape index (κ2) is 4.10. The molecule has 0 aliphatic rings. The number of pyridine rings is 1. The van der Waals surface area contributed by atoms with Crippen LogP contribution in [-0.4, -0.2) is 18.1 Å². The Kier molecular flexibility index (Phi) is 2.79. The van der Waals surface area contributed by atoms with Gasteiger partial charge in [0.2, 0.25) is 0 Å². The smallest absolute Gasteiger partial charge is 0.340 e. The lowest BCUT2D eigenvalue weighted by Crippen LogP contribution is -2.03. The fourth-order valence-corrected chi connectivity index (χ4v) is 1.81. The van der Waals surface area contributed by atoms with E-state index in [2.05, 4.69) is 9.72 Å². The molecule has 4 heteroatoms. The van der Waals surface area contributed by atoms with E-state index in [9.17, 15) is 4.79 Å². The molecule has 0 bridgehead atoms. The van der Waals surface area contributed by atoms with Crippen LogP contribution in [0.5, 0.6) is 0 Å². The van der Waals surface area contributed by atoms with Gasteiger partial charge in [-0.15, -0.1) is 0 Å². The molecule has 0 amide bonds. The summed E-state index contributed by atoms with van der Waals surface area (Å²) in [6, 6.07) is 5.70. The van der Waals surface area contributed by atoms with Crippen molar-refractivity contribution in [1.82, 2.24) is 4.98 Å². The molecule has 82 valence electrons. The number of aryl methyl sites for hydroxylation is 1. The number of rotatable bonds is 1. The molecule has 0 saturated carbocycles. The van der Waals surface area contributed by atoms with Crippen molar-refractivity contribution in [1.29, 1.82) is 0 Å². The molecule has 0 fully saturated rings. The van der Waals surface area contributed by atoms with Gasteiger partial charge in [-0.25, -0.2) is 4.79 Å². The minimum absolute atomic E-state index is 0.292. The average Bonchev–Trinajstić information content (AvgIpc) is 2.28. The first-order chi connectivity index (χ1) is 7.63. The van der Waals surface area contributed by atoms with Gasteiger partial charge in [0, 0.05) is 11.6 Å². The van der Waals surface area contributed by atoms with Gasteiger partial charge in [0.1, 0.15) is 0 Å². The summed E-state index contributed by atoms with van der Waals surface area (Å²) in [6.07, 6.45) is 1.44. The van der Waals surface area contributed by atoms with Crippen molar-refractivity contribution in [3.8, 4) is 0 Å². The predicted molar refractivity (Wildman–Crippen MR) is 62.8 cm³/mol. The summed E-state index contributed by atoms with van der Waals surface area (Å²) in [5.41, 5.74) is 2.17. The SMILES string of the molecule is COC(=O)c1cnc2cc(C)ccc2c1Cl. The molecule has 3 nitrogen and oxygen atoms in total. The van der Waals surface area contributed by atoms with Gasteiger partial charge in [0.05, 0.1) is 23.2 Å². The predicted octanol–water partition coefficient (Wildman–Crippen LogP) is 2.98. The maximum atomic E-state index is 11.4. The van der Waals surface area contributed by atoms with E-state index in [1.807, 2.05) is 25.1 Å². The Balaban J connectivity index is 2.70. The van der Waals surface area contributed by atoms with Crippen molar-refractivity contribution in [2.75, 3.05) is 7.11 Å². The average molecular weight is 236 g/mol. The fraction of sp³-hybridized carbons (Fsp3) is 0.167. The molecule has 0 radical (unpaired) electrons. The van der Waals surface area contributed by atoms with E-state index < -0.39 is 5.97 Å². The number of nitrogens with zero attached hydrogens (tertiary/aromatic N) is 1. The third-order valence-electron chi connectivity index (χ3n) is 2.36. The van der Waals surface area contributed by atoms with Gasteiger partial charge in [-0.1, -0.05) is 23.7 Å². The second-order valence-electron chi connectivity index (χ2n) is 3.50. The van der Waals surface area contributed by atoms with Gasteiger partial charge < -0.3 is 4.74 Å². The number of carbonyl (C=O) groups excluding carboxylic acids is 1. The summed E-state index contributed by atoms with van der Waals surface area (Å²) in [5, 5.41) is 1.15. The third-order valence-corrected chi connectivity index (χ3v) is 2.77. The summed E-state index contributed by atoms with van der Waals surface area (Å²) in [6.45, 7) is 1.98. The zero-order valence-corrected chi connectivity index (χ0v) is 9.71. The number of benzene rings is 1. The Labute approximate surface area is 98.0 Å². The van der Waals surface area contributed by atoms with Crippen LogP contribution >= 0.6 is 11.6 Å². The minimum atomic E-state index is -0.472. The van der Waals surface area contributed by atoms with Crippen molar-refractivity contribution >= 4 is 28.5 Å². The number of ether oxygens (including phenoxy) is 1. The molecular formula is C12H10ClNO2. The number of methoxy groups -OCH3 is 1. The summed E-state index contributed by atoms with van der Waals surface area (Å²) in [4.78, 5) is 15.6. The molecule has 1 aromatic heterocycles. The van der Waals surface area contributed by atoms with Crippen molar-refractivity contribution in [3.63, 3.8) is 0 Å². The van der Waals surface area contributed by atoms with Crippen LogP contribution in [0.15, 0.2) is 24.4 Å². The van der Waals surface area contributed by atoms with Gasteiger partial charge in [-0.3, -0.25) is 4.98 Å². The molecule has 0 aliphatic heterocycles. The Bertz CT molecular complexity index is 566. The van der Waals surface area contributed by atoms with E-state index in [0.717, 1.165) is 16.5 Å². The highest BCUT2D eigenvalue weighted by molar-refractivity contribution is 6.38. The van der Waals surface area contributed by atoms with Crippen molar-refractivity contribution < 1.29 is 9.53 Å². The van der Waals surface area contributed by atoms with Crippen LogP contribution in [0.25, 0.3) is 10.9 Å². The van der Waals surface area contributed by atoms with Gasteiger partial charge in [0.15, 0.2) is 0 Å². The van der Waals surface area contributed by atoms with Crippen LogP contribution in [0.1, 0.15) is 15.9 Å². The number of carbonyl (C=O) groups is 1. The third kappa shape index (κ3) is 1.74. The first kappa shape index (κ1) is 10.9. The van der Waals surface area contributed by atoms with E-state index in [1.165, 1.54) is 13.3 Å². The quantitative estimate of drug-likeness (QED) is 0.714. The standard InChI is InChI=1S/C12H10ClNO2/c1-7-3-4-8-10(5-7)14-6-9(11(8)13)12(15)16-2/h3-6H,1-2H3. The number of halogens is 1.